The minimum atomic E-state index is -0.0261. The van der Waals surface area contributed by atoms with E-state index in [-0.39, 0.29) is 5.78 Å². The van der Waals surface area contributed by atoms with Gasteiger partial charge in [-0.1, -0.05) is 6.08 Å². The van der Waals surface area contributed by atoms with Gasteiger partial charge in [-0.25, -0.2) is 0 Å². The molecule has 0 aliphatic carbocycles. The number of hydrogen-bond donors (Lipinski definition) is 0. The predicted octanol–water partition coefficient (Wildman–Crippen LogP) is 0.0120. The van der Waals surface area contributed by atoms with Gasteiger partial charge in [0.05, 0.1) is 14.1 Å². The SMILES string of the molecule is CN1CC[N+](C)=C1C(=O)C1=CC=CCO1. The van der Waals surface area contributed by atoms with Gasteiger partial charge in [-0.05, 0) is 12.2 Å². The summed E-state index contributed by atoms with van der Waals surface area (Å²) in [7, 11) is 3.85. The van der Waals surface area contributed by atoms with Crippen LogP contribution in [0.1, 0.15) is 0 Å². The number of nitrogens with zero attached hydrogens (tertiary/aromatic N) is 2. The molecule has 0 radical (unpaired) electrons. The average molecular weight is 207 g/mol. The predicted molar refractivity (Wildman–Crippen MR) is 56.9 cm³/mol. The molecule has 15 heavy (non-hydrogen) atoms. The molecule has 0 atom stereocenters. The van der Waals surface area contributed by atoms with Gasteiger partial charge in [-0.15, -0.1) is 0 Å². The van der Waals surface area contributed by atoms with Crippen molar-refractivity contribution in [1.29, 1.82) is 0 Å². The van der Waals surface area contributed by atoms with E-state index in [4.69, 9.17) is 4.74 Å². The normalized spacial score (nSPS) is 20.4. The molecule has 0 bridgehead atoms. The lowest BCUT2D eigenvalue weighted by Crippen LogP contribution is -2.34. The van der Waals surface area contributed by atoms with E-state index >= 15 is 0 Å². The number of hydrogen-bond acceptors (Lipinski definition) is 3. The molecule has 4 nitrogen and oxygen atoms in total. The van der Waals surface area contributed by atoms with Gasteiger partial charge in [0.2, 0.25) is 0 Å². The molecule has 0 spiro atoms. The molecule has 0 unspecified atom stereocenters. The number of likely N-dealkylation sites (N-methyl/N-ethyl adjacent to an activating group) is 2. The first-order valence-electron chi connectivity index (χ1n) is 5.03. The highest BCUT2D eigenvalue weighted by atomic mass is 16.5. The molecule has 4 heteroatoms. The highest BCUT2D eigenvalue weighted by Gasteiger charge is 2.34. The van der Waals surface area contributed by atoms with Gasteiger partial charge in [0, 0.05) is 0 Å². The Labute approximate surface area is 89.1 Å². The quantitative estimate of drug-likeness (QED) is 0.598. The van der Waals surface area contributed by atoms with E-state index in [1.165, 1.54) is 0 Å². The van der Waals surface area contributed by atoms with E-state index in [1.807, 2.05) is 35.7 Å². The van der Waals surface area contributed by atoms with Crippen molar-refractivity contribution >= 4 is 11.6 Å². The van der Waals surface area contributed by atoms with Gasteiger partial charge in [0.25, 0.3) is 0 Å². The molecule has 2 aliphatic heterocycles. The molecular weight excluding hydrogens is 192 g/mol. The molecule has 0 aromatic heterocycles. The van der Waals surface area contributed by atoms with Crippen molar-refractivity contribution in [2.24, 2.45) is 0 Å². The zero-order valence-electron chi connectivity index (χ0n) is 9.06. The Kier molecular flexibility index (Phi) is 2.58. The summed E-state index contributed by atoms with van der Waals surface area (Å²) >= 11 is 0. The molecule has 2 aliphatic rings. The van der Waals surface area contributed by atoms with Crippen molar-refractivity contribution in [2.75, 3.05) is 33.8 Å². The maximum atomic E-state index is 12.1. The molecule has 0 saturated heterocycles. The van der Waals surface area contributed by atoms with Crippen molar-refractivity contribution in [3.8, 4) is 0 Å². The molecule has 0 fully saturated rings. The Morgan fingerprint density at radius 1 is 1.60 bits per heavy atom. The van der Waals surface area contributed by atoms with Crippen LogP contribution < -0.4 is 0 Å². The molecule has 0 amide bonds. The van der Waals surface area contributed by atoms with Gasteiger partial charge >= 0.3 is 11.6 Å². The lowest BCUT2D eigenvalue weighted by atomic mass is 10.2. The van der Waals surface area contributed by atoms with Crippen molar-refractivity contribution in [3.63, 3.8) is 0 Å². The first kappa shape index (κ1) is 9.96. The molecule has 0 aromatic carbocycles. The molecule has 2 heterocycles. The molecule has 2 rings (SSSR count). The Morgan fingerprint density at radius 2 is 2.40 bits per heavy atom. The third-order valence-corrected chi connectivity index (χ3v) is 2.64. The zero-order valence-corrected chi connectivity index (χ0v) is 9.06. The van der Waals surface area contributed by atoms with E-state index < -0.39 is 0 Å². The van der Waals surface area contributed by atoms with Crippen LogP contribution >= 0.6 is 0 Å². The minimum Gasteiger partial charge on any atom is -0.485 e. The van der Waals surface area contributed by atoms with Gasteiger partial charge in [0.15, 0.2) is 5.76 Å². The van der Waals surface area contributed by atoms with Crippen LogP contribution in [0.15, 0.2) is 24.0 Å². The second-order valence-electron chi connectivity index (χ2n) is 3.77. The highest BCUT2D eigenvalue weighted by Crippen LogP contribution is 2.09. The van der Waals surface area contributed by atoms with Crippen molar-refractivity contribution in [3.05, 3.63) is 24.0 Å². The van der Waals surface area contributed by atoms with E-state index in [1.54, 1.807) is 6.08 Å². The van der Waals surface area contributed by atoms with Crippen molar-refractivity contribution in [1.82, 2.24) is 4.90 Å². The van der Waals surface area contributed by atoms with Gasteiger partial charge in [0.1, 0.15) is 19.7 Å². The van der Waals surface area contributed by atoms with Crippen LogP contribution in [0.3, 0.4) is 0 Å². The topological polar surface area (TPSA) is 32.5 Å². The Balaban J connectivity index is 2.24. The number of carbonyl (C=O) groups is 1. The number of ether oxygens (including phenoxy) is 1. The minimum absolute atomic E-state index is 0.0261. The van der Waals surface area contributed by atoms with Gasteiger partial charge < -0.3 is 4.74 Å². The first-order chi connectivity index (χ1) is 7.20. The van der Waals surface area contributed by atoms with Crippen molar-refractivity contribution < 1.29 is 14.1 Å². The summed E-state index contributed by atoms with van der Waals surface area (Å²) in [6, 6.07) is 0. The van der Waals surface area contributed by atoms with Crippen LogP contribution in [0, 0.1) is 0 Å². The number of carbonyl (C=O) groups excluding carboxylic acids is 1. The summed E-state index contributed by atoms with van der Waals surface area (Å²) in [6.45, 7) is 2.26. The fourth-order valence-corrected chi connectivity index (χ4v) is 1.80. The monoisotopic (exact) mass is 207 g/mol. The Bertz CT molecular complexity index is 380. The van der Waals surface area contributed by atoms with Crippen LogP contribution in [0.25, 0.3) is 0 Å². The van der Waals surface area contributed by atoms with E-state index in [0.717, 1.165) is 18.9 Å². The van der Waals surface area contributed by atoms with Crippen LogP contribution in [0.2, 0.25) is 0 Å². The largest absolute Gasteiger partial charge is 0.485 e. The first-order valence-corrected chi connectivity index (χ1v) is 5.03. The smallest absolute Gasteiger partial charge is 0.324 e. The third-order valence-electron chi connectivity index (χ3n) is 2.64. The second-order valence-corrected chi connectivity index (χ2v) is 3.77. The van der Waals surface area contributed by atoms with Crippen molar-refractivity contribution in [2.45, 2.75) is 0 Å². The van der Waals surface area contributed by atoms with Gasteiger partial charge in [-0.3, -0.25) is 14.3 Å². The summed E-state index contributed by atoms with van der Waals surface area (Å²) in [5, 5.41) is 0. The van der Waals surface area contributed by atoms with Crippen LogP contribution in [-0.4, -0.2) is 54.9 Å². The maximum absolute atomic E-state index is 12.1. The zero-order chi connectivity index (χ0) is 10.8. The van der Waals surface area contributed by atoms with Crippen LogP contribution in [0.4, 0.5) is 0 Å². The number of amidine groups is 1. The number of rotatable bonds is 2. The molecule has 0 N–H and O–H groups in total. The Morgan fingerprint density at radius 3 is 2.93 bits per heavy atom. The van der Waals surface area contributed by atoms with E-state index in [2.05, 4.69) is 0 Å². The maximum Gasteiger partial charge on any atom is 0.324 e. The van der Waals surface area contributed by atoms with Gasteiger partial charge in [-0.2, -0.15) is 0 Å². The summed E-state index contributed by atoms with van der Waals surface area (Å²) in [4.78, 5) is 14.0. The summed E-state index contributed by atoms with van der Waals surface area (Å²) in [5.41, 5.74) is 0. The molecule has 80 valence electrons. The summed E-state index contributed by atoms with van der Waals surface area (Å²) in [6.07, 6.45) is 5.45. The number of allylic oxidation sites excluding steroid dienone is 2. The van der Waals surface area contributed by atoms with E-state index in [0.29, 0.717) is 12.4 Å². The average Bonchev–Trinajstić information content (AvgIpc) is 2.59. The lowest BCUT2D eigenvalue weighted by Gasteiger charge is -2.11. The standard InChI is InChI=1S/C11H15N2O2/c1-12-6-7-13(2)11(12)10(14)9-5-3-4-8-15-9/h3-5H,6-8H2,1-2H3/q+1. The lowest BCUT2D eigenvalue weighted by molar-refractivity contribution is -0.485. The fourth-order valence-electron chi connectivity index (χ4n) is 1.80. The second kappa shape index (κ2) is 3.88. The molecule has 0 saturated carbocycles. The van der Waals surface area contributed by atoms with E-state index in [9.17, 15) is 4.79 Å². The summed E-state index contributed by atoms with van der Waals surface area (Å²) in [5.74, 6) is 1.13. The Hall–Kier alpha value is -1.58. The van der Waals surface area contributed by atoms with Crippen LogP contribution in [-0.2, 0) is 9.53 Å². The highest BCUT2D eigenvalue weighted by molar-refractivity contribution is 6.42. The fraction of sp³-hybridized carbons (Fsp3) is 0.455. The number of ketones is 1. The molecular formula is C11H15N2O2+. The third kappa shape index (κ3) is 1.79. The number of Topliss-reactive ketones (excluding diaryl/α,β-unsaturated/α-hetero) is 1. The molecule has 0 aromatic rings. The summed E-state index contributed by atoms with van der Waals surface area (Å²) < 4.78 is 7.26. The van der Waals surface area contributed by atoms with Crippen LogP contribution in [0.5, 0.6) is 0 Å².